The number of aliphatic hydroxyl groups is 4. The number of primary amides is 1. The Morgan fingerprint density at radius 1 is 1.17 bits per heavy atom. The Morgan fingerprint density at radius 3 is 2.26 bits per heavy atom. The van der Waals surface area contributed by atoms with Crippen molar-refractivity contribution in [1.29, 1.82) is 0 Å². The minimum atomic E-state index is -1.55. The Morgan fingerprint density at radius 2 is 1.77 bits per heavy atom. The highest BCUT2D eigenvalue weighted by molar-refractivity contribution is 5.89. The number of rotatable bonds is 13. The molecular weight excluding hydrogens is 472 g/mol. The van der Waals surface area contributed by atoms with Crippen molar-refractivity contribution >= 4 is 23.6 Å². The van der Waals surface area contributed by atoms with Crippen LogP contribution in [0.2, 0.25) is 0 Å². The number of Topliss-reactive ketones (excluding diaryl/α,β-unsaturated/α-hetero) is 1. The van der Waals surface area contributed by atoms with Crippen LogP contribution in [0.3, 0.4) is 0 Å². The van der Waals surface area contributed by atoms with Gasteiger partial charge in [-0.1, -0.05) is 0 Å². The predicted octanol–water partition coefficient (Wildman–Crippen LogP) is -4.88. The van der Waals surface area contributed by atoms with Crippen LogP contribution in [0, 0.1) is 0 Å². The van der Waals surface area contributed by atoms with Gasteiger partial charge in [-0.15, -0.1) is 0 Å². The van der Waals surface area contributed by atoms with Crippen molar-refractivity contribution in [3.05, 3.63) is 0 Å². The number of carbonyl (C=O) groups is 4. The number of hydrogen-bond acceptors (Lipinski definition) is 14. The first-order valence-electron chi connectivity index (χ1n) is 11.0. The van der Waals surface area contributed by atoms with Gasteiger partial charge < -0.3 is 51.8 Å². The van der Waals surface area contributed by atoms with Gasteiger partial charge in [0.15, 0.2) is 6.29 Å². The lowest BCUT2D eigenvalue weighted by atomic mass is 9.96. The highest BCUT2D eigenvalue weighted by Gasteiger charge is 2.45. The normalized spacial score (nSPS) is 28.9. The summed E-state index contributed by atoms with van der Waals surface area (Å²) in [5, 5.41) is 41.6. The van der Waals surface area contributed by atoms with Crippen molar-refractivity contribution in [2.24, 2.45) is 17.2 Å². The molecule has 0 aromatic carbocycles. The molecule has 1 rings (SSSR count). The van der Waals surface area contributed by atoms with E-state index in [1.807, 2.05) is 0 Å². The molecular formula is C20H36N4O11. The van der Waals surface area contributed by atoms with Crippen LogP contribution in [0.5, 0.6) is 0 Å². The van der Waals surface area contributed by atoms with Crippen LogP contribution in [0.25, 0.3) is 0 Å². The molecule has 0 aromatic heterocycles. The van der Waals surface area contributed by atoms with Crippen molar-refractivity contribution < 1.29 is 53.8 Å². The van der Waals surface area contributed by atoms with E-state index in [1.165, 1.54) is 20.8 Å². The third-order valence-corrected chi connectivity index (χ3v) is 5.57. The molecule has 0 spiro atoms. The van der Waals surface area contributed by atoms with Crippen molar-refractivity contribution in [3.8, 4) is 0 Å². The second-order valence-corrected chi connectivity index (χ2v) is 8.43. The van der Waals surface area contributed by atoms with Gasteiger partial charge in [-0.05, 0) is 27.2 Å². The van der Waals surface area contributed by atoms with Gasteiger partial charge >= 0.3 is 11.9 Å². The fourth-order valence-electron chi connectivity index (χ4n) is 3.40. The molecule has 2 unspecified atom stereocenters. The number of ether oxygens (including phenoxy) is 3. The lowest BCUT2D eigenvalue weighted by Crippen LogP contribution is -2.64. The first-order valence-corrected chi connectivity index (χ1v) is 11.0. The smallest absolute Gasteiger partial charge is 0.333 e. The van der Waals surface area contributed by atoms with Crippen LogP contribution < -0.4 is 22.5 Å². The third kappa shape index (κ3) is 8.82. The summed E-state index contributed by atoms with van der Waals surface area (Å²) in [6.45, 7) is 3.26. The van der Waals surface area contributed by atoms with Crippen LogP contribution in [0.4, 0.5) is 0 Å². The second-order valence-electron chi connectivity index (χ2n) is 8.43. The zero-order valence-corrected chi connectivity index (χ0v) is 19.8. The molecule has 0 saturated carbocycles. The molecule has 0 aliphatic carbocycles. The van der Waals surface area contributed by atoms with Crippen molar-refractivity contribution in [2.45, 2.75) is 94.6 Å². The first kappa shape index (κ1) is 31.0. The number of carbonyl (C=O) groups excluding carboxylic acids is 4. The zero-order valence-electron chi connectivity index (χ0n) is 19.8. The van der Waals surface area contributed by atoms with Crippen LogP contribution in [0.1, 0.15) is 33.6 Å². The van der Waals surface area contributed by atoms with Crippen LogP contribution in [-0.2, 0) is 33.4 Å². The van der Waals surface area contributed by atoms with E-state index in [1.54, 1.807) is 0 Å². The molecule has 10 atom stereocenters. The van der Waals surface area contributed by atoms with Gasteiger partial charge in [0, 0.05) is 6.42 Å². The second kappa shape index (κ2) is 13.9. The monoisotopic (exact) mass is 508 g/mol. The van der Waals surface area contributed by atoms with E-state index in [0.29, 0.717) is 0 Å². The van der Waals surface area contributed by atoms with E-state index in [0.717, 1.165) is 0 Å². The number of aliphatic hydroxyl groups excluding tert-OH is 4. The Kier molecular flexibility index (Phi) is 12.3. The highest BCUT2D eigenvalue weighted by atomic mass is 16.6. The quantitative estimate of drug-likeness (QED) is 0.0856. The van der Waals surface area contributed by atoms with Crippen molar-refractivity contribution in [3.63, 3.8) is 0 Å². The number of hydrogen-bond donors (Lipinski definition) is 8. The molecule has 1 heterocycles. The number of amides is 1. The maximum absolute atomic E-state index is 12.3. The van der Waals surface area contributed by atoms with Crippen molar-refractivity contribution in [1.82, 2.24) is 5.32 Å². The number of esters is 2. The number of nitrogens with one attached hydrogen (secondary N) is 1. The molecule has 1 aliphatic heterocycles. The fourth-order valence-corrected chi connectivity index (χ4v) is 3.40. The molecule has 1 aliphatic rings. The van der Waals surface area contributed by atoms with Crippen LogP contribution in [0.15, 0.2) is 0 Å². The summed E-state index contributed by atoms with van der Waals surface area (Å²) < 4.78 is 15.2. The van der Waals surface area contributed by atoms with E-state index in [2.05, 4.69) is 10.1 Å². The maximum atomic E-state index is 12.3. The topological polar surface area (TPSA) is 267 Å². The SMILES string of the molecule is CC(=O)C(N[C@H](CCC(=O)OC(=O)[C@@H](N)[C@@H](C)O)C(N)=O)C(C)O[C@@H]1[C@@H](N)[C@@H](O)O[C@H](CO)[C@H]1O. The molecule has 1 fully saturated rings. The van der Waals surface area contributed by atoms with E-state index in [4.69, 9.17) is 26.7 Å². The summed E-state index contributed by atoms with van der Waals surface area (Å²) in [4.78, 5) is 47.8. The Balaban J connectivity index is 2.84. The minimum absolute atomic E-state index is 0.257. The molecule has 15 heteroatoms. The minimum Gasteiger partial charge on any atom is -0.394 e. The van der Waals surface area contributed by atoms with Crippen LogP contribution >= 0.6 is 0 Å². The summed E-state index contributed by atoms with van der Waals surface area (Å²) in [6.07, 6.45) is -8.38. The molecule has 0 bridgehead atoms. The van der Waals surface area contributed by atoms with E-state index in [9.17, 15) is 39.6 Å². The van der Waals surface area contributed by atoms with Gasteiger partial charge in [0.1, 0.15) is 30.1 Å². The molecule has 1 saturated heterocycles. The lowest BCUT2D eigenvalue weighted by molar-refractivity contribution is -0.263. The highest BCUT2D eigenvalue weighted by Crippen LogP contribution is 2.23. The predicted molar refractivity (Wildman–Crippen MR) is 117 cm³/mol. The van der Waals surface area contributed by atoms with Gasteiger partial charge in [-0.25, -0.2) is 4.79 Å². The van der Waals surface area contributed by atoms with E-state index in [-0.39, 0.29) is 6.42 Å². The average Bonchev–Trinajstić information content (AvgIpc) is 2.77. The van der Waals surface area contributed by atoms with E-state index >= 15 is 0 Å². The largest absolute Gasteiger partial charge is 0.394 e. The molecule has 202 valence electrons. The van der Waals surface area contributed by atoms with Gasteiger partial charge in [0.2, 0.25) is 5.91 Å². The standard InChI is InChI=1S/C20H36N4O11/c1-7(26)13(21)19(31)35-12(28)5-4-10(18(23)30)24-15(8(2)27)9(3)33-17-14(22)20(32)34-11(6-25)16(17)29/h7,9-11,13-17,20,24-26,29,32H,4-6,21-22H2,1-3H3,(H2,23,30)/t7-,9?,10-,11-,13+,14-,15?,16-,17-,20+/m1/s1. The maximum Gasteiger partial charge on any atom is 0.333 e. The molecule has 15 nitrogen and oxygen atoms in total. The van der Waals surface area contributed by atoms with E-state index < -0.39 is 97.6 Å². The number of ketones is 1. The summed E-state index contributed by atoms with van der Waals surface area (Å²) in [5.74, 6) is -3.57. The molecule has 35 heavy (non-hydrogen) atoms. The van der Waals surface area contributed by atoms with Gasteiger partial charge in [0.25, 0.3) is 0 Å². The Labute approximate surface area is 201 Å². The van der Waals surface area contributed by atoms with Crippen molar-refractivity contribution in [2.75, 3.05) is 6.61 Å². The van der Waals surface area contributed by atoms with Gasteiger partial charge in [0.05, 0.1) is 36.9 Å². The summed E-state index contributed by atoms with van der Waals surface area (Å²) in [5.41, 5.74) is 16.6. The molecule has 0 radical (unpaired) electrons. The Bertz CT molecular complexity index is 753. The summed E-state index contributed by atoms with van der Waals surface area (Å²) in [6, 6.07) is -5.04. The molecule has 11 N–H and O–H groups in total. The summed E-state index contributed by atoms with van der Waals surface area (Å²) in [7, 11) is 0. The molecule has 1 amide bonds. The van der Waals surface area contributed by atoms with Crippen LogP contribution in [-0.4, -0.2) is 112 Å². The molecule has 0 aromatic rings. The summed E-state index contributed by atoms with van der Waals surface area (Å²) >= 11 is 0. The lowest BCUT2D eigenvalue weighted by Gasteiger charge is -2.42. The Hall–Kier alpha value is -2.08. The zero-order chi connectivity index (χ0) is 27.0. The van der Waals surface area contributed by atoms with Gasteiger partial charge in [-0.2, -0.15) is 0 Å². The number of nitrogens with two attached hydrogens (primary N) is 3. The fraction of sp³-hybridized carbons (Fsp3) is 0.800. The third-order valence-electron chi connectivity index (χ3n) is 5.57. The first-order chi connectivity index (χ1) is 16.2. The average molecular weight is 509 g/mol. The van der Waals surface area contributed by atoms with Gasteiger partial charge in [-0.3, -0.25) is 19.7 Å².